The number of amides is 1. The first-order valence-corrected chi connectivity index (χ1v) is 7.66. The average molecular weight is 290 g/mol. The Hall–Kier alpha value is -1.75. The number of nitrogens with zero attached hydrogens (tertiary/aromatic N) is 1. The third-order valence-corrected chi connectivity index (χ3v) is 4.17. The zero-order chi connectivity index (χ0) is 14.7. The summed E-state index contributed by atoms with van der Waals surface area (Å²) in [6.45, 7) is 3.16. The van der Waals surface area contributed by atoms with Gasteiger partial charge in [0.25, 0.3) is 0 Å². The van der Waals surface area contributed by atoms with Gasteiger partial charge in [-0.25, -0.2) is 0 Å². The van der Waals surface area contributed by atoms with Crippen LogP contribution in [0.4, 0.5) is 0 Å². The standard InChI is InChI=1S/C16H22N2O3/c17-16(19)6-8-18-7-1-3-13(18)12-4-5-14-15(11-12)21-10-2-9-20-14/h4-5,11,13H,1-3,6-10H2,(H2,17,19)/t13-/m0/s1. The first-order chi connectivity index (χ1) is 10.2. The van der Waals surface area contributed by atoms with E-state index in [1.165, 1.54) is 5.56 Å². The maximum atomic E-state index is 11.0. The van der Waals surface area contributed by atoms with E-state index in [4.69, 9.17) is 15.2 Å². The number of ether oxygens (including phenoxy) is 2. The Kier molecular flexibility index (Phi) is 4.29. The van der Waals surface area contributed by atoms with Gasteiger partial charge in [-0.15, -0.1) is 0 Å². The minimum absolute atomic E-state index is 0.237. The van der Waals surface area contributed by atoms with E-state index >= 15 is 0 Å². The topological polar surface area (TPSA) is 64.8 Å². The second kappa shape index (κ2) is 6.35. The van der Waals surface area contributed by atoms with Crippen molar-refractivity contribution in [2.75, 3.05) is 26.3 Å². The molecule has 0 radical (unpaired) electrons. The van der Waals surface area contributed by atoms with Crippen LogP contribution < -0.4 is 15.2 Å². The number of likely N-dealkylation sites (tertiary alicyclic amines) is 1. The maximum Gasteiger partial charge on any atom is 0.218 e. The zero-order valence-electron chi connectivity index (χ0n) is 12.2. The van der Waals surface area contributed by atoms with Crippen LogP contribution in [0.2, 0.25) is 0 Å². The summed E-state index contributed by atoms with van der Waals surface area (Å²) in [7, 11) is 0. The number of carbonyl (C=O) groups is 1. The van der Waals surface area contributed by atoms with Crippen LogP contribution in [0.1, 0.15) is 37.3 Å². The summed E-state index contributed by atoms with van der Waals surface area (Å²) < 4.78 is 11.4. The summed E-state index contributed by atoms with van der Waals surface area (Å²) in [4.78, 5) is 13.3. The van der Waals surface area contributed by atoms with Crippen LogP contribution >= 0.6 is 0 Å². The summed E-state index contributed by atoms with van der Waals surface area (Å²) >= 11 is 0. The highest BCUT2D eigenvalue weighted by molar-refractivity contribution is 5.73. The van der Waals surface area contributed by atoms with Crippen LogP contribution in [0, 0.1) is 0 Å². The molecule has 5 heteroatoms. The number of rotatable bonds is 4. The average Bonchev–Trinajstić information content (AvgIpc) is 2.82. The first kappa shape index (κ1) is 14.2. The van der Waals surface area contributed by atoms with E-state index < -0.39 is 0 Å². The lowest BCUT2D eigenvalue weighted by atomic mass is 10.0. The van der Waals surface area contributed by atoms with E-state index in [-0.39, 0.29) is 5.91 Å². The molecule has 0 unspecified atom stereocenters. The number of fused-ring (bicyclic) bond motifs is 1. The van der Waals surface area contributed by atoms with Crippen molar-refractivity contribution in [3.05, 3.63) is 23.8 Å². The predicted octanol–water partition coefficient (Wildman–Crippen LogP) is 1.86. The van der Waals surface area contributed by atoms with Gasteiger partial charge in [0.2, 0.25) is 5.91 Å². The van der Waals surface area contributed by atoms with E-state index in [9.17, 15) is 4.79 Å². The first-order valence-electron chi connectivity index (χ1n) is 7.66. The SMILES string of the molecule is NC(=O)CCN1CCC[C@H]1c1ccc2c(c1)OCCCO2. The molecule has 1 fully saturated rings. The quantitative estimate of drug-likeness (QED) is 0.919. The van der Waals surface area contributed by atoms with Gasteiger partial charge >= 0.3 is 0 Å². The molecular formula is C16H22N2O3. The summed E-state index contributed by atoms with van der Waals surface area (Å²) in [5.74, 6) is 1.43. The minimum Gasteiger partial charge on any atom is -0.490 e. The third kappa shape index (κ3) is 3.29. The Morgan fingerprint density at radius 1 is 1.24 bits per heavy atom. The number of hydrogen-bond acceptors (Lipinski definition) is 4. The van der Waals surface area contributed by atoms with Gasteiger partial charge in [-0.1, -0.05) is 6.07 Å². The molecule has 2 N–H and O–H groups in total. The maximum absolute atomic E-state index is 11.0. The normalized spacial score (nSPS) is 22.0. The monoisotopic (exact) mass is 290 g/mol. The van der Waals surface area contributed by atoms with Gasteiger partial charge in [-0.05, 0) is 37.1 Å². The smallest absolute Gasteiger partial charge is 0.218 e. The van der Waals surface area contributed by atoms with E-state index in [1.54, 1.807) is 0 Å². The molecule has 1 saturated heterocycles. The fraction of sp³-hybridized carbons (Fsp3) is 0.562. The molecule has 5 nitrogen and oxygen atoms in total. The van der Waals surface area contributed by atoms with Crippen LogP contribution in [0.5, 0.6) is 11.5 Å². The largest absolute Gasteiger partial charge is 0.490 e. The number of primary amides is 1. The summed E-state index contributed by atoms with van der Waals surface area (Å²) in [5.41, 5.74) is 6.50. The lowest BCUT2D eigenvalue weighted by molar-refractivity contribution is -0.118. The van der Waals surface area contributed by atoms with E-state index in [0.717, 1.165) is 43.9 Å². The highest BCUT2D eigenvalue weighted by atomic mass is 16.5. The predicted molar refractivity (Wildman–Crippen MR) is 79.4 cm³/mol. The fourth-order valence-electron chi connectivity index (χ4n) is 3.11. The van der Waals surface area contributed by atoms with E-state index in [2.05, 4.69) is 17.0 Å². The van der Waals surface area contributed by atoms with Crippen molar-refractivity contribution >= 4 is 5.91 Å². The Morgan fingerprint density at radius 3 is 2.86 bits per heavy atom. The van der Waals surface area contributed by atoms with Crippen molar-refractivity contribution in [3.63, 3.8) is 0 Å². The molecule has 114 valence electrons. The highest BCUT2D eigenvalue weighted by Gasteiger charge is 2.27. The van der Waals surface area contributed by atoms with Crippen LogP contribution in [0.25, 0.3) is 0 Å². The van der Waals surface area contributed by atoms with Gasteiger partial charge in [-0.3, -0.25) is 9.69 Å². The molecule has 1 aromatic carbocycles. The molecule has 0 saturated carbocycles. The van der Waals surface area contributed by atoms with Crippen LogP contribution in [0.15, 0.2) is 18.2 Å². The molecule has 2 heterocycles. The lowest BCUT2D eigenvalue weighted by Crippen LogP contribution is -2.27. The van der Waals surface area contributed by atoms with E-state index in [1.807, 2.05) is 6.07 Å². The van der Waals surface area contributed by atoms with Crippen LogP contribution in [0.3, 0.4) is 0 Å². The minimum atomic E-state index is -0.237. The van der Waals surface area contributed by atoms with Gasteiger partial charge in [0.15, 0.2) is 11.5 Å². The Labute approximate surface area is 125 Å². The lowest BCUT2D eigenvalue weighted by Gasteiger charge is -2.25. The van der Waals surface area contributed by atoms with Crippen LogP contribution in [-0.2, 0) is 4.79 Å². The molecular weight excluding hydrogens is 268 g/mol. The molecule has 0 bridgehead atoms. The third-order valence-electron chi connectivity index (χ3n) is 4.17. The van der Waals surface area contributed by atoms with Crippen molar-refractivity contribution in [2.24, 2.45) is 5.73 Å². The van der Waals surface area contributed by atoms with Gasteiger partial charge < -0.3 is 15.2 Å². The summed E-state index contributed by atoms with van der Waals surface area (Å²) in [6.07, 6.45) is 3.59. The molecule has 1 atom stereocenters. The van der Waals surface area contributed by atoms with E-state index in [0.29, 0.717) is 25.7 Å². The second-order valence-corrected chi connectivity index (χ2v) is 5.67. The van der Waals surface area contributed by atoms with Gasteiger partial charge in [0, 0.05) is 25.4 Å². The molecule has 2 aliphatic heterocycles. The Morgan fingerprint density at radius 2 is 2.05 bits per heavy atom. The molecule has 0 spiro atoms. The number of benzene rings is 1. The molecule has 1 amide bonds. The highest BCUT2D eigenvalue weighted by Crippen LogP contribution is 2.37. The molecule has 0 aliphatic carbocycles. The van der Waals surface area contributed by atoms with Gasteiger partial charge in [0.1, 0.15) is 0 Å². The molecule has 3 rings (SSSR count). The van der Waals surface area contributed by atoms with Crippen molar-refractivity contribution in [2.45, 2.75) is 31.7 Å². The zero-order valence-corrected chi connectivity index (χ0v) is 12.2. The Bertz CT molecular complexity index is 518. The van der Waals surface area contributed by atoms with Crippen molar-refractivity contribution in [3.8, 4) is 11.5 Å². The molecule has 21 heavy (non-hydrogen) atoms. The van der Waals surface area contributed by atoms with Crippen molar-refractivity contribution < 1.29 is 14.3 Å². The molecule has 1 aromatic rings. The molecule has 2 aliphatic rings. The summed E-state index contributed by atoms with van der Waals surface area (Å²) in [6, 6.07) is 6.55. The Balaban J connectivity index is 1.76. The second-order valence-electron chi connectivity index (χ2n) is 5.67. The number of carbonyl (C=O) groups excluding carboxylic acids is 1. The van der Waals surface area contributed by atoms with Gasteiger partial charge in [-0.2, -0.15) is 0 Å². The van der Waals surface area contributed by atoms with Crippen molar-refractivity contribution in [1.29, 1.82) is 0 Å². The fourth-order valence-corrected chi connectivity index (χ4v) is 3.11. The van der Waals surface area contributed by atoms with Crippen LogP contribution in [-0.4, -0.2) is 37.1 Å². The summed E-state index contributed by atoms with van der Waals surface area (Å²) in [5, 5.41) is 0. The molecule has 0 aromatic heterocycles. The number of nitrogens with two attached hydrogens (primary N) is 1. The number of hydrogen-bond donors (Lipinski definition) is 1. The van der Waals surface area contributed by atoms with Crippen molar-refractivity contribution in [1.82, 2.24) is 4.90 Å². The van der Waals surface area contributed by atoms with Gasteiger partial charge in [0.05, 0.1) is 13.2 Å².